The molecule has 0 aliphatic rings. The van der Waals surface area contributed by atoms with Crippen LogP contribution in [0.15, 0.2) is 59.1 Å². The third-order valence-corrected chi connectivity index (χ3v) is 5.52. The molecule has 7 nitrogen and oxygen atoms in total. The molecule has 0 atom stereocenters. The molecule has 2 aromatic heterocycles. The van der Waals surface area contributed by atoms with E-state index in [-0.39, 0.29) is 0 Å². The second kappa shape index (κ2) is 10.4. The normalized spacial score (nSPS) is 11.0. The Morgan fingerprint density at radius 2 is 1.73 bits per heavy atom. The van der Waals surface area contributed by atoms with Gasteiger partial charge in [0, 0.05) is 36.4 Å². The maximum absolute atomic E-state index is 5.45. The van der Waals surface area contributed by atoms with Crippen LogP contribution in [0.2, 0.25) is 0 Å². The van der Waals surface area contributed by atoms with Crippen LogP contribution in [-0.2, 0) is 6.54 Å². The van der Waals surface area contributed by atoms with Crippen LogP contribution in [0.25, 0.3) is 22.6 Å². The van der Waals surface area contributed by atoms with Gasteiger partial charge < -0.3 is 20.5 Å². The topological polar surface area (TPSA) is 87.9 Å². The van der Waals surface area contributed by atoms with Gasteiger partial charge in [0.15, 0.2) is 5.82 Å². The number of rotatable bonds is 9. The summed E-state index contributed by atoms with van der Waals surface area (Å²) in [6.07, 6.45) is 0. The second-order valence-corrected chi connectivity index (χ2v) is 8.04. The molecule has 170 valence electrons. The number of nitrogens with zero attached hydrogens (tertiary/aromatic N) is 3. The molecule has 4 rings (SSSR count). The van der Waals surface area contributed by atoms with Gasteiger partial charge in [-0.15, -0.1) is 0 Å². The van der Waals surface area contributed by atoms with Crippen LogP contribution in [0.4, 0.5) is 11.5 Å². The number of nitrogens with one attached hydrogen (secondary N) is 3. The van der Waals surface area contributed by atoms with Crippen molar-refractivity contribution in [3.63, 3.8) is 0 Å². The molecule has 0 fully saturated rings. The summed E-state index contributed by atoms with van der Waals surface area (Å²) in [6, 6.07) is 18.4. The Kier molecular flexibility index (Phi) is 7.12. The Labute approximate surface area is 194 Å². The molecular formula is C26H30N6O. The van der Waals surface area contributed by atoms with Gasteiger partial charge in [0.25, 0.3) is 0 Å². The van der Waals surface area contributed by atoms with Crippen LogP contribution in [0.1, 0.15) is 22.6 Å². The summed E-state index contributed by atoms with van der Waals surface area (Å²) in [4.78, 5) is 9.89. The van der Waals surface area contributed by atoms with E-state index in [0.29, 0.717) is 5.82 Å². The average molecular weight is 443 g/mol. The zero-order valence-corrected chi connectivity index (χ0v) is 19.6. The van der Waals surface area contributed by atoms with Crippen LogP contribution in [-0.4, -0.2) is 35.3 Å². The SMILES string of the molecule is CNCCNCc1cccc(-c2nc(Nc3ccccc3)c(C)c(-c3c(C)noc3C)n2)c1. The highest BCUT2D eigenvalue weighted by atomic mass is 16.5. The Morgan fingerprint density at radius 3 is 2.45 bits per heavy atom. The number of anilines is 2. The Balaban J connectivity index is 1.77. The fraction of sp³-hybridized carbons (Fsp3) is 0.269. The van der Waals surface area contributed by atoms with Gasteiger partial charge in [-0.2, -0.15) is 0 Å². The summed E-state index contributed by atoms with van der Waals surface area (Å²) >= 11 is 0. The highest BCUT2D eigenvalue weighted by molar-refractivity contribution is 5.76. The maximum atomic E-state index is 5.45. The largest absolute Gasteiger partial charge is 0.361 e. The monoisotopic (exact) mass is 442 g/mol. The first kappa shape index (κ1) is 22.6. The van der Waals surface area contributed by atoms with Gasteiger partial charge in [-0.05, 0) is 51.6 Å². The van der Waals surface area contributed by atoms with Crippen molar-refractivity contribution in [2.75, 3.05) is 25.5 Å². The fourth-order valence-corrected chi connectivity index (χ4v) is 3.76. The molecule has 33 heavy (non-hydrogen) atoms. The van der Waals surface area contributed by atoms with E-state index in [1.54, 1.807) is 0 Å². The molecule has 0 saturated carbocycles. The molecule has 0 bridgehead atoms. The Morgan fingerprint density at radius 1 is 0.909 bits per heavy atom. The van der Waals surface area contributed by atoms with Gasteiger partial charge in [0.05, 0.1) is 17.0 Å². The molecular weight excluding hydrogens is 412 g/mol. The average Bonchev–Trinajstić information content (AvgIpc) is 3.17. The van der Waals surface area contributed by atoms with Crippen molar-refractivity contribution in [2.45, 2.75) is 27.3 Å². The summed E-state index contributed by atoms with van der Waals surface area (Å²) in [5.41, 5.74) is 6.62. The van der Waals surface area contributed by atoms with E-state index >= 15 is 0 Å². The van der Waals surface area contributed by atoms with E-state index in [2.05, 4.69) is 33.2 Å². The molecule has 2 aromatic carbocycles. The Hall–Kier alpha value is -3.55. The van der Waals surface area contributed by atoms with Crippen molar-refractivity contribution in [3.05, 3.63) is 77.2 Å². The lowest BCUT2D eigenvalue weighted by molar-refractivity contribution is 0.393. The highest BCUT2D eigenvalue weighted by Gasteiger charge is 2.20. The van der Waals surface area contributed by atoms with Gasteiger partial charge in [-0.3, -0.25) is 0 Å². The highest BCUT2D eigenvalue weighted by Crippen LogP contribution is 2.34. The van der Waals surface area contributed by atoms with Crippen LogP contribution in [0.3, 0.4) is 0 Å². The van der Waals surface area contributed by atoms with Gasteiger partial charge in [0.1, 0.15) is 11.6 Å². The van der Waals surface area contributed by atoms with E-state index in [9.17, 15) is 0 Å². The van der Waals surface area contributed by atoms with Crippen LogP contribution in [0.5, 0.6) is 0 Å². The van der Waals surface area contributed by atoms with Crippen molar-refractivity contribution in [2.24, 2.45) is 0 Å². The summed E-state index contributed by atoms with van der Waals surface area (Å²) in [5, 5.41) is 14.2. The minimum Gasteiger partial charge on any atom is -0.361 e. The first-order valence-electron chi connectivity index (χ1n) is 11.2. The summed E-state index contributed by atoms with van der Waals surface area (Å²) in [6.45, 7) is 8.50. The number of para-hydroxylation sites is 1. The first-order valence-corrected chi connectivity index (χ1v) is 11.2. The van der Waals surface area contributed by atoms with E-state index in [0.717, 1.165) is 65.0 Å². The minimum atomic E-state index is 0.658. The van der Waals surface area contributed by atoms with Gasteiger partial charge in [-0.1, -0.05) is 41.6 Å². The van der Waals surface area contributed by atoms with Crippen molar-refractivity contribution >= 4 is 11.5 Å². The molecule has 0 saturated heterocycles. The molecule has 0 amide bonds. The van der Waals surface area contributed by atoms with Crippen molar-refractivity contribution < 1.29 is 4.52 Å². The standard InChI is InChI=1S/C26H30N6O/c1-17-24(23-18(2)32-33-19(23)3)30-26(31-25(17)29-22-11-6-5-7-12-22)21-10-8-9-20(15-21)16-28-14-13-27-4/h5-12,15,27-28H,13-14,16H2,1-4H3,(H,29,30,31). The molecule has 0 unspecified atom stereocenters. The predicted octanol–water partition coefficient (Wildman–Crippen LogP) is 4.78. The van der Waals surface area contributed by atoms with Crippen LogP contribution < -0.4 is 16.0 Å². The van der Waals surface area contributed by atoms with Crippen LogP contribution in [0, 0.1) is 20.8 Å². The Bertz CT molecular complexity index is 1200. The second-order valence-electron chi connectivity index (χ2n) is 8.04. The smallest absolute Gasteiger partial charge is 0.162 e. The summed E-state index contributed by atoms with van der Waals surface area (Å²) in [7, 11) is 1.95. The fourth-order valence-electron chi connectivity index (χ4n) is 3.76. The third kappa shape index (κ3) is 5.27. The lowest BCUT2D eigenvalue weighted by Crippen LogP contribution is -2.24. The third-order valence-electron chi connectivity index (χ3n) is 5.52. The lowest BCUT2D eigenvalue weighted by atomic mass is 10.0. The lowest BCUT2D eigenvalue weighted by Gasteiger charge is -2.15. The van der Waals surface area contributed by atoms with Gasteiger partial charge >= 0.3 is 0 Å². The number of hydrogen-bond donors (Lipinski definition) is 3. The molecule has 3 N–H and O–H groups in total. The number of aromatic nitrogens is 3. The van der Waals surface area contributed by atoms with E-state index in [1.807, 2.05) is 70.3 Å². The molecule has 7 heteroatoms. The number of hydrogen-bond acceptors (Lipinski definition) is 7. The molecule has 0 spiro atoms. The molecule has 0 radical (unpaired) electrons. The zero-order chi connectivity index (χ0) is 23.2. The van der Waals surface area contributed by atoms with E-state index in [1.165, 1.54) is 5.56 Å². The molecule has 0 aliphatic carbocycles. The van der Waals surface area contributed by atoms with Gasteiger partial charge in [0.2, 0.25) is 0 Å². The molecule has 4 aromatic rings. The zero-order valence-electron chi connectivity index (χ0n) is 19.6. The predicted molar refractivity (Wildman–Crippen MR) is 133 cm³/mol. The van der Waals surface area contributed by atoms with Crippen LogP contribution >= 0.6 is 0 Å². The summed E-state index contributed by atoms with van der Waals surface area (Å²) < 4.78 is 5.45. The molecule has 0 aliphatic heterocycles. The summed E-state index contributed by atoms with van der Waals surface area (Å²) in [5.74, 6) is 2.17. The van der Waals surface area contributed by atoms with Gasteiger partial charge in [-0.25, -0.2) is 9.97 Å². The maximum Gasteiger partial charge on any atom is 0.162 e. The number of likely N-dealkylation sites (N-methyl/N-ethyl adjacent to an activating group) is 1. The molecule has 2 heterocycles. The minimum absolute atomic E-state index is 0.658. The van der Waals surface area contributed by atoms with E-state index < -0.39 is 0 Å². The van der Waals surface area contributed by atoms with Crippen molar-refractivity contribution in [1.82, 2.24) is 25.8 Å². The number of benzene rings is 2. The quantitative estimate of drug-likeness (QED) is 0.322. The van der Waals surface area contributed by atoms with Crippen molar-refractivity contribution in [3.8, 4) is 22.6 Å². The first-order chi connectivity index (χ1) is 16.1. The number of aryl methyl sites for hydroxylation is 2. The van der Waals surface area contributed by atoms with E-state index in [4.69, 9.17) is 14.5 Å². The van der Waals surface area contributed by atoms with Crippen molar-refractivity contribution in [1.29, 1.82) is 0 Å².